The van der Waals surface area contributed by atoms with Gasteiger partial charge in [-0.25, -0.2) is 4.39 Å². The molecule has 20 heavy (non-hydrogen) atoms. The molecular formula is C15H18FN3O. The van der Waals surface area contributed by atoms with Crippen molar-refractivity contribution >= 4 is 11.6 Å². The highest BCUT2D eigenvalue weighted by molar-refractivity contribution is 5.92. The average Bonchev–Trinajstić information content (AvgIpc) is 2.95. The van der Waals surface area contributed by atoms with Crippen molar-refractivity contribution in [3.63, 3.8) is 0 Å². The standard InChI is InChI=1S/C15H18FN3O/c16-13-7-3-4-8-14(13)18-15(20)11-19(10-9-17)12-5-1-2-6-12/h3-4,7-8,12H,1-2,5-6,10-11H2,(H,18,20). The summed E-state index contributed by atoms with van der Waals surface area (Å²) in [6.07, 6.45) is 4.33. The molecule has 1 aliphatic rings. The number of halogens is 1. The molecule has 1 saturated carbocycles. The lowest BCUT2D eigenvalue weighted by atomic mass is 10.2. The SMILES string of the molecule is N#CCN(CC(=O)Nc1ccccc1F)C1CCCC1. The molecule has 0 heterocycles. The van der Waals surface area contributed by atoms with Crippen molar-refractivity contribution in [2.75, 3.05) is 18.4 Å². The summed E-state index contributed by atoms with van der Waals surface area (Å²) < 4.78 is 13.5. The molecule has 0 radical (unpaired) electrons. The number of para-hydroxylation sites is 1. The van der Waals surface area contributed by atoms with E-state index in [9.17, 15) is 9.18 Å². The highest BCUT2D eigenvalue weighted by Gasteiger charge is 2.24. The van der Waals surface area contributed by atoms with E-state index >= 15 is 0 Å². The quantitative estimate of drug-likeness (QED) is 0.840. The molecule has 5 heteroatoms. The number of nitrogens with one attached hydrogen (secondary N) is 1. The average molecular weight is 275 g/mol. The van der Waals surface area contributed by atoms with E-state index in [1.54, 1.807) is 12.1 Å². The van der Waals surface area contributed by atoms with Crippen LogP contribution in [0.3, 0.4) is 0 Å². The molecule has 0 atom stereocenters. The molecule has 0 unspecified atom stereocenters. The maximum absolute atomic E-state index is 13.5. The number of carbonyl (C=O) groups excluding carboxylic acids is 1. The first-order chi connectivity index (χ1) is 9.70. The van der Waals surface area contributed by atoms with Crippen molar-refractivity contribution in [2.45, 2.75) is 31.7 Å². The Bertz CT molecular complexity index is 506. The molecule has 4 nitrogen and oxygen atoms in total. The van der Waals surface area contributed by atoms with E-state index in [2.05, 4.69) is 11.4 Å². The van der Waals surface area contributed by atoms with E-state index in [1.165, 1.54) is 12.1 Å². The number of nitriles is 1. The molecule has 0 aliphatic heterocycles. The Morgan fingerprint density at radius 2 is 2.10 bits per heavy atom. The molecule has 0 saturated heterocycles. The lowest BCUT2D eigenvalue weighted by Gasteiger charge is -2.25. The van der Waals surface area contributed by atoms with Crippen molar-refractivity contribution in [3.8, 4) is 6.07 Å². The van der Waals surface area contributed by atoms with Gasteiger partial charge >= 0.3 is 0 Å². The Hall–Kier alpha value is -1.93. The number of anilines is 1. The van der Waals surface area contributed by atoms with E-state index < -0.39 is 5.82 Å². The third-order valence-electron chi connectivity index (χ3n) is 3.61. The van der Waals surface area contributed by atoms with E-state index in [-0.39, 0.29) is 24.7 Å². The summed E-state index contributed by atoms with van der Waals surface area (Å²) in [5, 5.41) is 11.4. The molecule has 2 rings (SSSR count). The first kappa shape index (κ1) is 14.5. The molecule has 0 spiro atoms. The molecule has 1 amide bonds. The number of rotatable bonds is 5. The van der Waals surface area contributed by atoms with Gasteiger partial charge in [0.1, 0.15) is 5.82 Å². The summed E-state index contributed by atoms with van der Waals surface area (Å²) in [6.45, 7) is 0.363. The molecule has 1 fully saturated rings. The summed E-state index contributed by atoms with van der Waals surface area (Å²) in [6, 6.07) is 8.46. The number of benzene rings is 1. The van der Waals surface area contributed by atoms with Crippen LogP contribution < -0.4 is 5.32 Å². The van der Waals surface area contributed by atoms with Crippen LogP contribution in [0.25, 0.3) is 0 Å². The second-order valence-electron chi connectivity index (χ2n) is 5.03. The second-order valence-corrected chi connectivity index (χ2v) is 5.03. The van der Waals surface area contributed by atoms with Gasteiger partial charge in [0, 0.05) is 6.04 Å². The zero-order valence-corrected chi connectivity index (χ0v) is 11.3. The minimum atomic E-state index is -0.450. The van der Waals surface area contributed by atoms with Gasteiger partial charge in [-0.05, 0) is 25.0 Å². The number of hydrogen-bond donors (Lipinski definition) is 1. The smallest absolute Gasteiger partial charge is 0.238 e. The van der Waals surface area contributed by atoms with E-state index in [0.717, 1.165) is 25.7 Å². The van der Waals surface area contributed by atoms with Gasteiger partial charge in [0.15, 0.2) is 0 Å². The van der Waals surface area contributed by atoms with Crippen LogP contribution >= 0.6 is 0 Å². The predicted octanol–water partition coefficient (Wildman–Crippen LogP) is 2.53. The molecule has 0 aromatic heterocycles. The molecule has 106 valence electrons. The van der Waals surface area contributed by atoms with Crippen molar-refractivity contribution in [3.05, 3.63) is 30.1 Å². The molecule has 1 aromatic carbocycles. The molecule has 1 N–H and O–H groups in total. The molecule has 1 aliphatic carbocycles. The van der Waals surface area contributed by atoms with Crippen LogP contribution in [0.1, 0.15) is 25.7 Å². The fourth-order valence-corrected chi connectivity index (χ4v) is 2.61. The van der Waals surface area contributed by atoms with E-state index in [1.807, 2.05) is 4.90 Å². The number of amides is 1. The van der Waals surface area contributed by atoms with E-state index in [0.29, 0.717) is 6.04 Å². The van der Waals surface area contributed by atoms with Gasteiger partial charge in [-0.1, -0.05) is 25.0 Å². The summed E-state index contributed by atoms with van der Waals surface area (Å²) in [5.41, 5.74) is 0.181. The fourth-order valence-electron chi connectivity index (χ4n) is 2.61. The second kappa shape index (κ2) is 7.01. The van der Waals surface area contributed by atoms with Gasteiger partial charge in [-0.15, -0.1) is 0 Å². The van der Waals surface area contributed by atoms with Gasteiger partial charge < -0.3 is 5.32 Å². The lowest BCUT2D eigenvalue weighted by Crippen LogP contribution is -2.39. The molecular weight excluding hydrogens is 257 g/mol. The first-order valence-electron chi connectivity index (χ1n) is 6.86. The summed E-state index contributed by atoms with van der Waals surface area (Å²) in [7, 11) is 0. The Kier molecular flexibility index (Phi) is 5.08. The highest BCUT2D eigenvalue weighted by Crippen LogP contribution is 2.23. The van der Waals surface area contributed by atoms with Crippen LogP contribution in [0.5, 0.6) is 0 Å². The van der Waals surface area contributed by atoms with Crippen LogP contribution in [0.2, 0.25) is 0 Å². The van der Waals surface area contributed by atoms with E-state index in [4.69, 9.17) is 5.26 Å². The predicted molar refractivity (Wildman–Crippen MR) is 74.5 cm³/mol. The maximum Gasteiger partial charge on any atom is 0.238 e. The van der Waals surface area contributed by atoms with Crippen LogP contribution in [-0.4, -0.2) is 29.9 Å². The first-order valence-corrected chi connectivity index (χ1v) is 6.86. The summed E-state index contributed by atoms with van der Waals surface area (Å²) in [5.74, 6) is -0.731. The maximum atomic E-state index is 13.5. The minimum absolute atomic E-state index is 0.132. The van der Waals surface area contributed by atoms with Crippen LogP contribution in [-0.2, 0) is 4.79 Å². The Morgan fingerprint density at radius 3 is 2.75 bits per heavy atom. The van der Waals surface area contributed by atoms with Gasteiger partial charge in [0.05, 0.1) is 24.8 Å². The highest BCUT2D eigenvalue weighted by atomic mass is 19.1. The topological polar surface area (TPSA) is 56.1 Å². The third kappa shape index (κ3) is 3.78. The zero-order valence-electron chi connectivity index (χ0n) is 11.3. The van der Waals surface area contributed by atoms with Crippen molar-refractivity contribution < 1.29 is 9.18 Å². The Labute approximate surface area is 118 Å². The van der Waals surface area contributed by atoms with Crippen LogP contribution in [0.15, 0.2) is 24.3 Å². The van der Waals surface area contributed by atoms with Gasteiger partial charge in [0.2, 0.25) is 5.91 Å². The summed E-state index contributed by atoms with van der Waals surface area (Å²) in [4.78, 5) is 13.9. The van der Waals surface area contributed by atoms with Gasteiger partial charge in [0.25, 0.3) is 0 Å². The minimum Gasteiger partial charge on any atom is -0.322 e. The zero-order chi connectivity index (χ0) is 14.4. The van der Waals surface area contributed by atoms with Crippen molar-refractivity contribution in [1.82, 2.24) is 4.90 Å². The van der Waals surface area contributed by atoms with Crippen molar-refractivity contribution in [1.29, 1.82) is 5.26 Å². The summed E-state index contributed by atoms with van der Waals surface area (Å²) >= 11 is 0. The number of carbonyl (C=O) groups is 1. The number of nitrogens with zero attached hydrogens (tertiary/aromatic N) is 2. The molecule has 0 bridgehead atoms. The monoisotopic (exact) mass is 275 g/mol. The van der Waals surface area contributed by atoms with Gasteiger partial charge in [-0.3, -0.25) is 9.69 Å². The van der Waals surface area contributed by atoms with Gasteiger partial charge in [-0.2, -0.15) is 5.26 Å². The van der Waals surface area contributed by atoms with Crippen molar-refractivity contribution in [2.24, 2.45) is 0 Å². The lowest BCUT2D eigenvalue weighted by molar-refractivity contribution is -0.117. The Balaban J connectivity index is 1.94. The number of hydrogen-bond acceptors (Lipinski definition) is 3. The van der Waals surface area contributed by atoms with Crippen LogP contribution in [0.4, 0.5) is 10.1 Å². The van der Waals surface area contributed by atoms with Crippen LogP contribution in [0, 0.1) is 17.1 Å². The largest absolute Gasteiger partial charge is 0.322 e. The normalized spacial score (nSPS) is 15.2. The Morgan fingerprint density at radius 1 is 1.40 bits per heavy atom. The molecule has 1 aromatic rings. The fraction of sp³-hybridized carbons (Fsp3) is 0.467. The third-order valence-corrected chi connectivity index (χ3v) is 3.61.